The molecule has 0 unspecified atom stereocenters. The molecule has 2 aromatic rings. The first-order valence-corrected chi connectivity index (χ1v) is 8.30. The van der Waals surface area contributed by atoms with Gasteiger partial charge in [0, 0.05) is 24.5 Å². The van der Waals surface area contributed by atoms with Crippen LogP contribution in [0.1, 0.15) is 30.9 Å². The fourth-order valence-electron chi connectivity index (χ4n) is 3.06. The van der Waals surface area contributed by atoms with E-state index < -0.39 is 11.9 Å². The summed E-state index contributed by atoms with van der Waals surface area (Å²) in [6.45, 7) is 2.18. The lowest BCUT2D eigenvalue weighted by Crippen LogP contribution is -2.29. The Hall–Kier alpha value is -2.56. The van der Waals surface area contributed by atoms with Crippen LogP contribution in [0.25, 0.3) is 0 Å². The van der Waals surface area contributed by atoms with Crippen molar-refractivity contribution < 1.29 is 9.18 Å². The molecule has 1 aliphatic heterocycles. The number of amides is 1. The molecule has 1 fully saturated rings. The van der Waals surface area contributed by atoms with Crippen molar-refractivity contribution in [1.82, 2.24) is 0 Å². The van der Waals surface area contributed by atoms with Gasteiger partial charge in [-0.2, -0.15) is 0 Å². The number of nitrogens with zero attached hydrogens (tertiary/aromatic N) is 1. The summed E-state index contributed by atoms with van der Waals surface area (Å²) in [4.78, 5) is 14.1. The van der Waals surface area contributed by atoms with E-state index in [-0.39, 0.29) is 5.82 Å². The average molecular weight is 327 g/mol. The van der Waals surface area contributed by atoms with Crippen molar-refractivity contribution >= 4 is 17.3 Å². The summed E-state index contributed by atoms with van der Waals surface area (Å²) < 4.78 is 13.1. The first-order chi connectivity index (χ1) is 11.6. The highest BCUT2D eigenvalue weighted by molar-refractivity contribution is 5.84. The molecule has 1 aliphatic rings. The van der Waals surface area contributed by atoms with Gasteiger partial charge in [-0.15, -0.1) is 0 Å². The highest BCUT2D eigenvalue weighted by Gasteiger charge is 2.18. The fourth-order valence-corrected chi connectivity index (χ4v) is 3.06. The third-order valence-electron chi connectivity index (χ3n) is 4.39. The van der Waals surface area contributed by atoms with Crippen LogP contribution in [0, 0.1) is 5.82 Å². The maximum Gasteiger partial charge on any atom is 0.244 e. The Balaban J connectivity index is 1.73. The van der Waals surface area contributed by atoms with Gasteiger partial charge in [-0.3, -0.25) is 4.79 Å². The van der Waals surface area contributed by atoms with Crippen molar-refractivity contribution in [2.45, 2.75) is 25.3 Å². The number of primary amides is 1. The van der Waals surface area contributed by atoms with E-state index in [1.807, 2.05) is 12.1 Å². The van der Waals surface area contributed by atoms with Crippen LogP contribution in [0.4, 0.5) is 15.8 Å². The third-order valence-corrected chi connectivity index (χ3v) is 4.39. The lowest BCUT2D eigenvalue weighted by molar-refractivity contribution is -0.118. The number of nitrogens with two attached hydrogens (primary N) is 1. The summed E-state index contributed by atoms with van der Waals surface area (Å²) >= 11 is 0. The number of carbonyl (C=O) groups excluding carboxylic acids is 1. The van der Waals surface area contributed by atoms with E-state index in [9.17, 15) is 9.18 Å². The molecule has 3 N–H and O–H groups in total. The van der Waals surface area contributed by atoms with Gasteiger partial charge in [0.15, 0.2) is 0 Å². The Bertz CT molecular complexity index is 679. The van der Waals surface area contributed by atoms with Gasteiger partial charge < -0.3 is 16.0 Å². The van der Waals surface area contributed by atoms with E-state index in [1.165, 1.54) is 37.1 Å². The number of rotatable bonds is 5. The van der Waals surface area contributed by atoms with Gasteiger partial charge in [0.2, 0.25) is 5.91 Å². The van der Waals surface area contributed by atoms with Gasteiger partial charge in [0.05, 0.1) is 0 Å². The summed E-state index contributed by atoms with van der Waals surface area (Å²) in [5, 5.41) is 3.13. The standard InChI is InChI=1S/C19H22FN3O/c20-15-6-4-14(5-7-15)18(19(21)24)22-16-8-10-17(11-9-16)23-12-2-1-3-13-23/h4-11,18,22H,1-3,12-13H2,(H2,21,24)/t18-/m0/s1. The number of hydrogen-bond acceptors (Lipinski definition) is 3. The molecule has 0 spiro atoms. The van der Waals surface area contributed by atoms with E-state index in [0.29, 0.717) is 5.56 Å². The van der Waals surface area contributed by atoms with Crippen molar-refractivity contribution in [2.75, 3.05) is 23.3 Å². The molecule has 0 aliphatic carbocycles. The first-order valence-electron chi connectivity index (χ1n) is 8.30. The van der Waals surface area contributed by atoms with Gasteiger partial charge >= 0.3 is 0 Å². The van der Waals surface area contributed by atoms with Crippen molar-refractivity contribution in [2.24, 2.45) is 5.73 Å². The highest BCUT2D eigenvalue weighted by atomic mass is 19.1. The van der Waals surface area contributed by atoms with Crippen LogP contribution < -0.4 is 16.0 Å². The van der Waals surface area contributed by atoms with Gasteiger partial charge in [0.25, 0.3) is 0 Å². The Morgan fingerprint density at radius 3 is 2.21 bits per heavy atom. The van der Waals surface area contributed by atoms with E-state index in [2.05, 4.69) is 22.3 Å². The second-order valence-corrected chi connectivity index (χ2v) is 6.13. The van der Waals surface area contributed by atoms with Crippen molar-refractivity contribution in [3.63, 3.8) is 0 Å². The van der Waals surface area contributed by atoms with Crippen LogP contribution in [-0.4, -0.2) is 19.0 Å². The zero-order chi connectivity index (χ0) is 16.9. The summed E-state index contributed by atoms with van der Waals surface area (Å²) in [6, 6.07) is 13.1. The van der Waals surface area contributed by atoms with Crippen LogP contribution in [-0.2, 0) is 4.79 Å². The maximum atomic E-state index is 13.1. The third kappa shape index (κ3) is 3.85. The molecular formula is C19H22FN3O. The molecule has 126 valence electrons. The van der Waals surface area contributed by atoms with Gasteiger partial charge in [-0.1, -0.05) is 12.1 Å². The Labute approximate surface area is 141 Å². The van der Waals surface area contributed by atoms with Crippen molar-refractivity contribution in [3.05, 3.63) is 59.9 Å². The monoisotopic (exact) mass is 327 g/mol. The minimum absolute atomic E-state index is 0.340. The number of anilines is 2. The topological polar surface area (TPSA) is 58.4 Å². The first kappa shape index (κ1) is 16.3. The molecule has 0 aromatic heterocycles. The van der Waals surface area contributed by atoms with Crippen molar-refractivity contribution in [3.8, 4) is 0 Å². The molecule has 2 aromatic carbocycles. The summed E-state index contributed by atoms with van der Waals surface area (Å²) in [7, 11) is 0. The zero-order valence-corrected chi connectivity index (χ0v) is 13.5. The van der Waals surface area contributed by atoms with Crippen LogP contribution in [0.2, 0.25) is 0 Å². The molecule has 4 nitrogen and oxygen atoms in total. The predicted octanol–water partition coefficient (Wildman–Crippen LogP) is 3.45. The SMILES string of the molecule is NC(=O)[C@@H](Nc1ccc(N2CCCCC2)cc1)c1ccc(F)cc1. The van der Waals surface area contributed by atoms with Crippen molar-refractivity contribution in [1.29, 1.82) is 0 Å². The van der Waals surface area contributed by atoms with Gasteiger partial charge in [-0.05, 0) is 61.2 Å². The maximum absolute atomic E-state index is 13.1. The molecule has 0 saturated carbocycles. The number of nitrogens with one attached hydrogen (secondary N) is 1. The molecule has 1 amide bonds. The summed E-state index contributed by atoms with van der Waals surface area (Å²) in [6.07, 6.45) is 3.76. The number of halogens is 1. The quantitative estimate of drug-likeness (QED) is 0.884. The minimum atomic E-state index is -0.688. The van der Waals surface area contributed by atoms with E-state index in [4.69, 9.17) is 5.73 Å². The molecule has 1 atom stereocenters. The second-order valence-electron chi connectivity index (χ2n) is 6.13. The molecule has 1 heterocycles. The normalized spacial score (nSPS) is 15.8. The molecular weight excluding hydrogens is 305 g/mol. The Morgan fingerprint density at radius 1 is 1.00 bits per heavy atom. The smallest absolute Gasteiger partial charge is 0.244 e. The lowest BCUT2D eigenvalue weighted by Gasteiger charge is -2.29. The Kier molecular flexibility index (Phi) is 4.99. The molecule has 0 bridgehead atoms. The van der Waals surface area contributed by atoms with Gasteiger partial charge in [0.1, 0.15) is 11.9 Å². The van der Waals surface area contributed by atoms with E-state index in [0.717, 1.165) is 18.8 Å². The lowest BCUT2D eigenvalue weighted by atomic mass is 10.1. The van der Waals surface area contributed by atoms with Crippen LogP contribution in [0.3, 0.4) is 0 Å². The largest absolute Gasteiger partial charge is 0.372 e. The van der Waals surface area contributed by atoms with Crippen LogP contribution >= 0.6 is 0 Å². The number of piperidine rings is 1. The molecule has 24 heavy (non-hydrogen) atoms. The minimum Gasteiger partial charge on any atom is -0.372 e. The molecule has 1 saturated heterocycles. The average Bonchev–Trinajstić information content (AvgIpc) is 2.62. The Morgan fingerprint density at radius 2 is 1.62 bits per heavy atom. The number of benzene rings is 2. The van der Waals surface area contributed by atoms with Crippen LogP contribution in [0.15, 0.2) is 48.5 Å². The number of carbonyl (C=O) groups is 1. The van der Waals surface area contributed by atoms with Gasteiger partial charge in [-0.25, -0.2) is 4.39 Å². The number of hydrogen-bond donors (Lipinski definition) is 2. The molecule has 0 radical (unpaired) electrons. The zero-order valence-electron chi connectivity index (χ0n) is 13.5. The highest BCUT2D eigenvalue weighted by Crippen LogP contribution is 2.24. The van der Waals surface area contributed by atoms with E-state index >= 15 is 0 Å². The molecule has 3 rings (SSSR count). The second kappa shape index (κ2) is 7.34. The fraction of sp³-hybridized carbons (Fsp3) is 0.316. The van der Waals surface area contributed by atoms with Crippen LogP contribution in [0.5, 0.6) is 0 Å². The molecule has 5 heteroatoms. The summed E-state index contributed by atoms with van der Waals surface area (Å²) in [5.41, 5.74) is 8.14. The predicted molar refractivity (Wildman–Crippen MR) is 94.5 cm³/mol. The summed E-state index contributed by atoms with van der Waals surface area (Å²) in [5.74, 6) is -0.838. The van der Waals surface area contributed by atoms with E-state index in [1.54, 1.807) is 12.1 Å².